The molecule has 3 aliphatic heterocycles. The minimum atomic E-state index is -0.123. The molecule has 1 aromatic heterocycles. The van der Waals surface area contributed by atoms with E-state index in [1.165, 1.54) is 0 Å². The fourth-order valence-electron chi connectivity index (χ4n) is 4.71. The lowest BCUT2D eigenvalue weighted by molar-refractivity contribution is 0.224. The van der Waals surface area contributed by atoms with Gasteiger partial charge in [-0.25, -0.2) is 4.99 Å². The number of nitrogens with zero attached hydrogens (tertiary/aromatic N) is 1. The summed E-state index contributed by atoms with van der Waals surface area (Å²) in [7, 11) is 6.55. The molecule has 0 spiro atoms. The van der Waals surface area contributed by atoms with Gasteiger partial charge in [0.2, 0.25) is 0 Å². The molecule has 3 aromatic rings. The zero-order valence-electron chi connectivity index (χ0n) is 20.9. The molecular weight excluding hydrogens is 472 g/mol. The molecule has 4 heterocycles. The van der Waals surface area contributed by atoms with Crippen molar-refractivity contribution in [1.82, 2.24) is 5.32 Å². The van der Waals surface area contributed by atoms with Gasteiger partial charge in [0.25, 0.3) is 0 Å². The van der Waals surface area contributed by atoms with Crippen molar-refractivity contribution in [3.05, 3.63) is 88.4 Å². The second kappa shape index (κ2) is 9.13. The largest absolute Gasteiger partial charge is 0.497 e. The summed E-state index contributed by atoms with van der Waals surface area (Å²) >= 11 is 0. The van der Waals surface area contributed by atoms with Crippen LogP contribution in [0.2, 0.25) is 0 Å². The first-order chi connectivity index (χ1) is 18.1. The number of furan rings is 1. The Kier molecular flexibility index (Phi) is 5.64. The summed E-state index contributed by atoms with van der Waals surface area (Å²) in [5.74, 6) is 4.34. The van der Waals surface area contributed by atoms with E-state index in [1.54, 1.807) is 28.4 Å². The lowest BCUT2D eigenvalue weighted by atomic mass is 10.1. The van der Waals surface area contributed by atoms with Crippen LogP contribution in [0.15, 0.2) is 81.5 Å². The van der Waals surface area contributed by atoms with Crippen molar-refractivity contribution in [3.63, 3.8) is 0 Å². The molecule has 6 rings (SSSR count). The van der Waals surface area contributed by atoms with Gasteiger partial charge in [0.1, 0.15) is 46.0 Å². The smallest absolute Gasteiger partial charge is 0.155 e. The SMILES string of the molecule is COc1ccc(OC)c(C2=CC3NC(/C=C4/C=c5oc(-c6cc(OC)ccc6OC)cc5=N4)=CC3O2)c1. The summed E-state index contributed by atoms with van der Waals surface area (Å²) in [6.07, 6.45) is 7.91. The van der Waals surface area contributed by atoms with E-state index in [0.717, 1.165) is 50.9 Å². The second-order valence-corrected chi connectivity index (χ2v) is 8.72. The molecule has 2 aromatic carbocycles. The molecule has 0 bridgehead atoms. The number of ether oxygens (including phenoxy) is 5. The summed E-state index contributed by atoms with van der Waals surface area (Å²) in [6, 6.07) is 13.2. The minimum Gasteiger partial charge on any atom is -0.497 e. The van der Waals surface area contributed by atoms with Crippen LogP contribution < -0.4 is 35.0 Å². The van der Waals surface area contributed by atoms with Crippen molar-refractivity contribution < 1.29 is 28.1 Å². The van der Waals surface area contributed by atoms with Gasteiger partial charge in [-0.15, -0.1) is 0 Å². The van der Waals surface area contributed by atoms with Crippen molar-refractivity contribution in [3.8, 4) is 34.3 Å². The van der Waals surface area contributed by atoms with Gasteiger partial charge in [-0.3, -0.25) is 0 Å². The van der Waals surface area contributed by atoms with Crippen LogP contribution in [0.1, 0.15) is 5.56 Å². The predicted octanol–water partition coefficient (Wildman–Crippen LogP) is 3.57. The highest BCUT2D eigenvalue weighted by atomic mass is 16.5. The van der Waals surface area contributed by atoms with Crippen molar-refractivity contribution in [2.45, 2.75) is 12.1 Å². The number of hydrogen-bond donors (Lipinski definition) is 1. The molecule has 2 unspecified atom stereocenters. The number of benzene rings is 2. The topological polar surface area (TPSA) is 83.7 Å². The summed E-state index contributed by atoms with van der Waals surface area (Å²) in [5, 5.41) is 4.27. The van der Waals surface area contributed by atoms with Crippen molar-refractivity contribution >= 4 is 11.8 Å². The number of methoxy groups -OCH3 is 4. The van der Waals surface area contributed by atoms with Crippen LogP contribution in [0.3, 0.4) is 0 Å². The van der Waals surface area contributed by atoms with Gasteiger partial charge in [-0.2, -0.15) is 0 Å². The number of rotatable bonds is 7. The fourth-order valence-corrected chi connectivity index (χ4v) is 4.71. The Morgan fingerprint density at radius 1 is 0.838 bits per heavy atom. The monoisotopic (exact) mass is 498 g/mol. The Morgan fingerprint density at radius 3 is 2.19 bits per heavy atom. The molecule has 0 fully saturated rings. The Bertz CT molecular complexity index is 1560. The normalized spacial score (nSPS) is 20.1. The van der Waals surface area contributed by atoms with Crippen LogP contribution in [0, 0.1) is 0 Å². The summed E-state index contributed by atoms with van der Waals surface area (Å²) < 4.78 is 34.1. The molecule has 0 amide bonds. The highest BCUT2D eigenvalue weighted by Gasteiger charge is 2.34. The van der Waals surface area contributed by atoms with Crippen LogP contribution in [-0.2, 0) is 4.74 Å². The summed E-state index contributed by atoms with van der Waals surface area (Å²) in [6.45, 7) is 0. The fraction of sp³-hybridized carbons (Fsp3) is 0.207. The van der Waals surface area contributed by atoms with E-state index in [0.29, 0.717) is 16.9 Å². The zero-order valence-corrected chi connectivity index (χ0v) is 20.9. The van der Waals surface area contributed by atoms with Crippen LogP contribution >= 0.6 is 0 Å². The van der Waals surface area contributed by atoms with Crippen molar-refractivity contribution in [2.24, 2.45) is 4.99 Å². The molecule has 8 nitrogen and oxygen atoms in total. The van der Waals surface area contributed by atoms with Gasteiger partial charge in [0.05, 0.1) is 51.3 Å². The van der Waals surface area contributed by atoms with Crippen molar-refractivity contribution in [2.75, 3.05) is 28.4 Å². The standard InChI is InChI=1S/C29H26N2O6/c1-32-18-5-7-24(34-3)20(12-18)26-14-22-28(36-26)10-16(30-22)9-17-11-29-23(31-17)15-27(37-29)21-13-19(33-2)6-8-25(21)35-4/h5-15,22,28,30H,1-4H3/b17-9-. The molecule has 2 atom stereocenters. The second-order valence-electron chi connectivity index (χ2n) is 8.72. The lowest BCUT2D eigenvalue weighted by Crippen LogP contribution is -2.26. The summed E-state index contributed by atoms with van der Waals surface area (Å²) in [4.78, 5) is 4.73. The number of hydrogen-bond acceptors (Lipinski definition) is 8. The minimum absolute atomic E-state index is 0.0160. The maximum atomic E-state index is 6.24. The third-order valence-corrected chi connectivity index (χ3v) is 6.54. The number of nitrogens with one attached hydrogen (secondary N) is 1. The molecule has 8 heteroatoms. The van der Waals surface area contributed by atoms with Gasteiger partial charge >= 0.3 is 0 Å². The Morgan fingerprint density at radius 2 is 1.54 bits per heavy atom. The highest BCUT2D eigenvalue weighted by molar-refractivity contribution is 5.71. The Hall–Kier alpha value is -4.59. The number of fused-ring (bicyclic) bond motifs is 2. The van der Waals surface area contributed by atoms with Gasteiger partial charge in [-0.1, -0.05) is 0 Å². The third kappa shape index (κ3) is 4.10. The molecule has 3 aliphatic rings. The molecule has 188 valence electrons. The first-order valence-electron chi connectivity index (χ1n) is 11.8. The van der Waals surface area contributed by atoms with Crippen LogP contribution in [0.25, 0.3) is 23.2 Å². The molecule has 0 aliphatic carbocycles. The molecular formula is C29H26N2O6. The highest BCUT2D eigenvalue weighted by Crippen LogP contribution is 2.37. The van der Waals surface area contributed by atoms with Crippen LogP contribution in [0.4, 0.5) is 0 Å². The average Bonchev–Trinajstić information content (AvgIpc) is 3.67. The molecule has 37 heavy (non-hydrogen) atoms. The Balaban J connectivity index is 1.20. The van der Waals surface area contributed by atoms with E-state index in [9.17, 15) is 0 Å². The van der Waals surface area contributed by atoms with Gasteiger partial charge in [0.15, 0.2) is 5.42 Å². The number of allylic oxidation sites excluding steroid dienone is 2. The maximum Gasteiger partial charge on any atom is 0.155 e. The average molecular weight is 499 g/mol. The lowest BCUT2D eigenvalue weighted by Gasteiger charge is -2.13. The molecule has 0 saturated carbocycles. The zero-order chi connectivity index (χ0) is 25.5. The van der Waals surface area contributed by atoms with E-state index in [1.807, 2.05) is 54.6 Å². The van der Waals surface area contributed by atoms with Gasteiger partial charge < -0.3 is 33.4 Å². The third-order valence-electron chi connectivity index (χ3n) is 6.54. The van der Waals surface area contributed by atoms with Crippen LogP contribution in [0.5, 0.6) is 23.0 Å². The first-order valence-corrected chi connectivity index (χ1v) is 11.8. The predicted molar refractivity (Wildman–Crippen MR) is 138 cm³/mol. The van der Waals surface area contributed by atoms with Gasteiger partial charge in [-0.05, 0) is 54.6 Å². The van der Waals surface area contributed by atoms with E-state index >= 15 is 0 Å². The Labute approximate surface area is 213 Å². The molecule has 0 radical (unpaired) electrons. The van der Waals surface area contributed by atoms with E-state index in [2.05, 4.69) is 17.5 Å². The van der Waals surface area contributed by atoms with E-state index in [-0.39, 0.29) is 12.1 Å². The van der Waals surface area contributed by atoms with E-state index < -0.39 is 0 Å². The van der Waals surface area contributed by atoms with Crippen molar-refractivity contribution in [1.29, 1.82) is 0 Å². The quantitative estimate of drug-likeness (QED) is 0.533. The van der Waals surface area contributed by atoms with Gasteiger partial charge in [0, 0.05) is 17.8 Å². The first kappa shape index (κ1) is 22.8. The summed E-state index contributed by atoms with van der Waals surface area (Å²) in [5.41, 5.74) is 4.12. The van der Waals surface area contributed by atoms with Crippen LogP contribution in [-0.4, -0.2) is 40.6 Å². The molecule has 1 N–H and O–H groups in total. The molecule has 0 saturated heterocycles. The van der Waals surface area contributed by atoms with E-state index in [4.69, 9.17) is 33.1 Å². The maximum absolute atomic E-state index is 6.24.